The Morgan fingerprint density at radius 2 is 1.76 bits per heavy atom. The smallest absolute Gasteiger partial charge is 0.224 e. The number of amides is 1. The van der Waals surface area contributed by atoms with Crippen LogP contribution in [0.2, 0.25) is 0 Å². The van der Waals surface area contributed by atoms with Gasteiger partial charge < -0.3 is 16.3 Å². The molecule has 3 fully saturated rings. The third kappa shape index (κ3) is 2.62. The second kappa shape index (κ2) is 5.50. The van der Waals surface area contributed by atoms with E-state index in [0.29, 0.717) is 17.8 Å². The summed E-state index contributed by atoms with van der Waals surface area (Å²) < 4.78 is 0. The summed E-state index contributed by atoms with van der Waals surface area (Å²) in [5.74, 6) is 2.30. The largest absolute Gasteiger partial charge is 0.409 e. The summed E-state index contributed by atoms with van der Waals surface area (Å²) >= 11 is 0. The topological polar surface area (TPSA) is 87.7 Å². The van der Waals surface area contributed by atoms with Gasteiger partial charge in [-0.2, -0.15) is 0 Å². The molecule has 3 rings (SSSR count). The number of hydrogen-bond donors (Lipinski definition) is 3. The summed E-state index contributed by atoms with van der Waals surface area (Å²) in [6.07, 6.45) is 8.46. The quantitative estimate of drug-likeness (QED) is 0.323. The molecule has 3 aliphatic carbocycles. The normalized spacial score (nSPS) is 43.0. The van der Waals surface area contributed by atoms with Crippen molar-refractivity contribution in [2.75, 3.05) is 0 Å². The van der Waals surface area contributed by atoms with E-state index < -0.39 is 5.54 Å². The zero-order valence-corrected chi connectivity index (χ0v) is 12.8. The first-order valence-electron chi connectivity index (χ1n) is 8.37. The molecule has 2 atom stereocenters. The van der Waals surface area contributed by atoms with E-state index in [4.69, 9.17) is 10.9 Å². The van der Waals surface area contributed by atoms with Gasteiger partial charge in [-0.05, 0) is 56.3 Å². The average Bonchev–Trinajstić information content (AvgIpc) is 3.23. The lowest BCUT2D eigenvalue weighted by Gasteiger charge is -2.39. The number of nitrogens with two attached hydrogens (primary N) is 1. The molecular formula is C16H27N3O2. The van der Waals surface area contributed by atoms with Crippen molar-refractivity contribution in [2.24, 2.45) is 34.6 Å². The zero-order chi connectivity index (χ0) is 15.0. The number of hydrogen-bond acceptors (Lipinski definition) is 3. The predicted octanol–water partition coefficient (Wildman–Crippen LogP) is 2.23. The number of nitrogens with zero attached hydrogens (tertiary/aromatic N) is 1. The van der Waals surface area contributed by atoms with E-state index in [2.05, 4.69) is 17.4 Å². The molecule has 0 aromatic heterocycles. The Morgan fingerprint density at radius 3 is 2.29 bits per heavy atom. The maximum absolute atomic E-state index is 12.6. The van der Waals surface area contributed by atoms with Crippen molar-refractivity contribution in [2.45, 2.75) is 63.8 Å². The number of carbonyl (C=O) groups excluding carboxylic acids is 1. The summed E-state index contributed by atoms with van der Waals surface area (Å²) in [4.78, 5) is 12.6. The van der Waals surface area contributed by atoms with Crippen LogP contribution in [-0.4, -0.2) is 22.5 Å². The van der Waals surface area contributed by atoms with E-state index >= 15 is 0 Å². The Labute approximate surface area is 126 Å². The molecule has 5 nitrogen and oxygen atoms in total. The van der Waals surface area contributed by atoms with Crippen LogP contribution in [0.15, 0.2) is 5.16 Å². The number of oxime groups is 1. The Morgan fingerprint density at radius 1 is 1.19 bits per heavy atom. The van der Waals surface area contributed by atoms with Crippen LogP contribution in [0.3, 0.4) is 0 Å². The highest BCUT2D eigenvalue weighted by atomic mass is 16.4. The molecule has 118 valence electrons. The Bertz CT molecular complexity index is 429. The molecular weight excluding hydrogens is 266 g/mol. The monoisotopic (exact) mass is 293 g/mol. The number of amidine groups is 1. The van der Waals surface area contributed by atoms with Gasteiger partial charge in [-0.15, -0.1) is 0 Å². The highest BCUT2D eigenvalue weighted by molar-refractivity contribution is 5.95. The lowest BCUT2D eigenvalue weighted by Crippen LogP contribution is -2.59. The van der Waals surface area contributed by atoms with Gasteiger partial charge in [0.15, 0.2) is 5.84 Å². The van der Waals surface area contributed by atoms with Crippen molar-refractivity contribution < 1.29 is 10.0 Å². The molecule has 4 N–H and O–H groups in total. The van der Waals surface area contributed by atoms with Crippen LogP contribution in [-0.2, 0) is 4.79 Å². The van der Waals surface area contributed by atoms with Crippen molar-refractivity contribution in [1.29, 1.82) is 0 Å². The van der Waals surface area contributed by atoms with Crippen molar-refractivity contribution in [1.82, 2.24) is 5.32 Å². The van der Waals surface area contributed by atoms with E-state index in [1.54, 1.807) is 0 Å². The van der Waals surface area contributed by atoms with Crippen LogP contribution >= 0.6 is 0 Å². The van der Waals surface area contributed by atoms with Crippen LogP contribution in [0.25, 0.3) is 0 Å². The van der Waals surface area contributed by atoms with Gasteiger partial charge in [-0.1, -0.05) is 24.9 Å². The molecule has 3 aliphatic rings. The van der Waals surface area contributed by atoms with Gasteiger partial charge in [0.1, 0.15) is 5.54 Å². The van der Waals surface area contributed by atoms with Crippen molar-refractivity contribution >= 4 is 11.7 Å². The lowest BCUT2D eigenvalue weighted by molar-refractivity contribution is -0.124. The van der Waals surface area contributed by atoms with Gasteiger partial charge in [-0.25, -0.2) is 0 Å². The second-order valence-electron chi connectivity index (χ2n) is 7.38. The molecule has 0 spiro atoms. The van der Waals surface area contributed by atoms with Gasteiger partial charge >= 0.3 is 0 Å². The summed E-state index contributed by atoms with van der Waals surface area (Å²) in [5, 5.41) is 15.5. The fourth-order valence-electron chi connectivity index (χ4n) is 4.50. The van der Waals surface area contributed by atoms with Gasteiger partial charge in [-0.3, -0.25) is 4.79 Å². The number of fused-ring (bicyclic) bond motifs is 1. The van der Waals surface area contributed by atoms with E-state index in [1.807, 2.05) is 0 Å². The highest BCUT2D eigenvalue weighted by Crippen LogP contribution is 2.55. The van der Waals surface area contributed by atoms with E-state index in [0.717, 1.165) is 25.7 Å². The van der Waals surface area contributed by atoms with Gasteiger partial charge in [0.2, 0.25) is 5.91 Å². The van der Waals surface area contributed by atoms with Crippen LogP contribution in [0.5, 0.6) is 0 Å². The maximum atomic E-state index is 12.6. The summed E-state index contributed by atoms with van der Waals surface area (Å²) in [7, 11) is 0. The fraction of sp³-hybridized carbons (Fsp3) is 0.875. The Balaban J connectivity index is 1.69. The van der Waals surface area contributed by atoms with Crippen molar-refractivity contribution in [3.05, 3.63) is 0 Å². The van der Waals surface area contributed by atoms with Crippen molar-refractivity contribution in [3.63, 3.8) is 0 Å². The van der Waals surface area contributed by atoms with E-state index in [9.17, 15) is 4.79 Å². The van der Waals surface area contributed by atoms with Gasteiger partial charge in [0, 0.05) is 5.92 Å². The van der Waals surface area contributed by atoms with Crippen molar-refractivity contribution in [3.8, 4) is 0 Å². The molecule has 0 saturated heterocycles. The van der Waals surface area contributed by atoms with Crippen LogP contribution < -0.4 is 11.1 Å². The minimum atomic E-state index is -0.621. The minimum Gasteiger partial charge on any atom is -0.409 e. The fourth-order valence-corrected chi connectivity index (χ4v) is 4.50. The maximum Gasteiger partial charge on any atom is 0.224 e. The average molecular weight is 293 g/mol. The molecule has 0 heterocycles. The number of rotatable bonds is 3. The summed E-state index contributed by atoms with van der Waals surface area (Å²) in [5.41, 5.74) is 5.31. The summed E-state index contributed by atoms with van der Waals surface area (Å²) in [6.45, 7) is 2.22. The molecule has 21 heavy (non-hydrogen) atoms. The third-order valence-electron chi connectivity index (χ3n) is 6.05. The second-order valence-corrected chi connectivity index (χ2v) is 7.38. The zero-order valence-electron chi connectivity index (χ0n) is 12.8. The molecule has 0 aromatic rings. The molecule has 2 unspecified atom stereocenters. The number of nitrogens with one attached hydrogen (secondary N) is 1. The lowest BCUT2D eigenvalue weighted by atomic mass is 9.76. The predicted molar refractivity (Wildman–Crippen MR) is 80.9 cm³/mol. The molecule has 3 saturated carbocycles. The molecule has 5 heteroatoms. The van der Waals surface area contributed by atoms with Gasteiger partial charge in [0.05, 0.1) is 0 Å². The van der Waals surface area contributed by atoms with Crippen LogP contribution in [0, 0.1) is 23.7 Å². The minimum absolute atomic E-state index is 0.132. The molecule has 0 aromatic carbocycles. The number of carbonyl (C=O) groups is 1. The molecule has 0 radical (unpaired) electrons. The van der Waals surface area contributed by atoms with Gasteiger partial charge in [0.25, 0.3) is 0 Å². The van der Waals surface area contributed by atoms with E-state index in [-0.39, 0.29) is 17.7 Å². The standard InChI is InChI=1S/C16H27N3O2/c1-10-6-8-16(9-7-10,15(17)19-21)18-14(20)13-11-4-2-3-5-12(11)13/h10-13,21H,2-9H2,1H3,(H2,17,19)(H,18,20). The first kappa shape index (κ1) is 14.7. The first-order chi connectivity index (χ1) is 10.1. The van der Waals surface area contributed by atoms with E-state index in [1.165, 1.54) is 25.7 Å². The Hall–Kier alpha value is -1.26. The first-order valence-corrected chi connectivity index (χ1v) is 8.37. The SMILES string of the molecule is CC1CCC(NC(=O)C2C3CCCCC32)(C(N)=NO)CC1. The van der Waals surface area contributed by atoms with Crippen LogP contribution in [0.1, 0.15) is 58.3 Å². The summed E-state index contributed by atoms with van der Waals surface area (Å²) in [6, 6.07) is 0. The molecule has 0 bridgehead atoms. The molecule has 1 amide bonds. The molecule has 0 aliphatic heterocycles. The third-order valence-corrected chi connectivity index (χ3v) is 6.05. The van der Waals surface area contributed by atoms with Crippen LogP contribution in [0.4, 0.5) is 0 Å². The Kier molecular flexibility index (Phi) is 3.84. The highest BCUT2D eigenvalue weighted by Gasteiger charge is 2.56.